The first kappa shape index (κ1) is 29.4. The molecule has 4 rings (SSSR count). The van der Waals surface area contributed by atoms with Crippen molar-refractivity contribution in [3.8, 4) is 17.2 Å². The smallest absolute Gasteiger partial charge is 0.332 e. The summed E-state index contributed by atoms with van der Waals surface area (Å²) in [5, 5.41) is 7.33. The van der Waals surface area contributed by atoms with Crippen LogP contribution in [0.25, 0.3) is 10.2 Å². The minimum Gasteiger partial charge on any atom is -0.497 e. The Morgan fingerprint density at radius 3 is 2.34 bits per heavy atom. The SMILES string of the molecule is COc1ccc(NC(=O)CCCn2c(=O)c3sccc3n(CC(=O)NCCc3ccc(OC)c(OC)c3)c2=O)cc1. The molecule has 0 saturated carbocycles. The van der Waals surface area contributed by atoms with Gasteiger partial charge < -0.3 is 24.8 Å². The average Bonchev–Trinajstić information content (AvgIpc) is 3.47. The van der Waals surface area contributed by atoms with Gasteiger partial charge in [0.15, 0.2) is 11.5 Å². The molecule has 0 fully saturated rings. The summed E-state index contributed by atoms with van der Waals surface area (Å²) in [4.78, 5) is 51.5. The molecule has 2 aromatic heterocycles. The molecule has 41 heavy (non-hydrogen) atoms. The van der Waals surface area contributed by atoms with E-state index in [-0.39, 0.29) is 37.7 Å². The maximum Gasteiger partial charge on any atom is 0.332 e. The normalized spacial score (nSPS) is 10.8. The fourth-order valence-electron chi connectivity index (χ4n) is 4.36. The number of methoxy groups -OCH3 is 3. The first-order valence-electron chi connectivity index (χ1n) is 13.0. The van der Waals surface area contributed by atoms with Gasteiger partial charge in [-0.1, -0.05) is 6.07 Å². The lowest BCUT2D eigenvalue weighted by Gasteiger charge is -2.13. The molecule has 4 aromatic rings. The van der Waals surface area contributed by atoms with E-state index in [0.29, 0.717) is 46.1 Å². The predicted molar refractivity (Wildman–Crippen MR) is 157 cm³/mol. The number of carbonyl (C=O) groups is 2. The molecule has 0 aliphatic heterocycles. The van der Waals surface area contributed by atoms with E-state index in [4.69, 9.17) is 14.2 Å². The van der Waals surface area contributed by atoms with Gasteiger partial charge in [-0.05, 0) is 66.2 Å². The van der Waals surface area contributed by atoms with Crippen LogP contribution in [0.1, 0.15) is 18.4 Å². The Hall–Kier alpha value is -4.58. The monoisotopic (exact) mass is 580 g/mol. The van der Waals surface area contributed by atoms with E-state index in [1.165, 1.54) is 15.9 Å². The summed E-state index contributed by atoms with van der Waals surface area (Å²) in [6.45, 7) is 0.150. The number of nitrogens with one attached hydrogen (secondary N) is 2. The summed E-state index contributed by atoms with van der Waals surface area (Å²) in [7, 11) is 4.68. The zero-order chi connectivity index (χ0) is 29.4. The molecule has 2 aromatic carbocycles. The fourth-order valence-corrected chi connectivity index (χ4v) is 5.20. The summed E-state index contributed by atoms with van der Waals surface area (Å²) in [5.74, 6) is 1.29. The van der Waals surface area contributed by atoms with Crippen molar-refractivity contribution in [2.45, 2.75) is 32.4 Å². The third kappa shape index (κ3) is 7.14. The number of ether oxygens (including phenoxy) is 3. The molecule has 0 bridgehead atoms. The number of amides is 2. The Balaban J connectivity index is 1.38. The Kier molecular flexibility index (Phi) is 9.80. The van der Waals surface area contributed by atoms with Crippen molar-refractivity contribution < 1.29 is 23.8 Å². The Morgan fingerprint density at radius 1 is 0.878 bits per heavy atom. The summed E-state index contributed by atoms with van der Waals surface area (Å²) in [5.41, 5.74) is 0.957. The van der Waals surface area contributed by atoms with E-state index in [1.807, 2.05) is 12.1 Å². The molecule has 0 aliphatic rings. The molecule has 11 nitrogen and oxygen atoms in total. The number of rotatable bonds is 13. The van der Waals surface area contributed by atoms with Crippen LogP contribution in [0.5, 0.6) is 17.2 Å². The molecule has 2 heterocycles. The van der Waals surface area contributed by atoms with Gasteiger partial charge in [0.05, 0.1) is 26.8 Å². The lowest BCUT2D eigenvalue weighted by atomic mass is 10.1. The lowest BCUT2D eigenvalue weighted by molar-refractivity contribution is -0.121. The highest BCUT2D eigenvalue weighted by atomic mass is 32.1. The zero-order valence-corrected chi connectivity index (χ0v) is 23.9. The van der Waals surface area contributed by atoms with Gasteiger partial charge in [0.1, 0.15) is 17.0 Å². The zero-order valence-electron chi connectivity index (χ0n) is 23.1. The molecular weight excluding hydrogens is 548 g/mol. The van der Waals surface area contributed by atoms with Crippen molar-refractivity contribution >= 4 is 39.1 Å². The molecule has 0 atom stereocenters. The third-order valence-electron chi connectivity index (χ3n) is 6.48. The standard InChI is InChI=1S/C29H32N4O7S/c1-38-21-9-7-20(8-10-21)31-25(34)5-4-15-32-28(36)27-22(13-16-41-27)33(29(32)37)18-26(35)30-14-12-19-6-11-23(39-2)24(17-19)40-3/h6-11,13,16-17H,4-5,12,14-15,18H2,1-3H3,(H,30,35)(H,31,34). The van der Waals surface area contributed by atoms with E-state index in [0.717, 1.165) is 10.1 Å². The van der Waals surface area contributed by atoms with Crippen molar-refractivity contribution in [3.05, 3.63) is 80.3 Å². The molecule has 0 saturated heterocycles. The summed E-state index contributed by atoms with van der Waals surface area (Å²) >= 11 is 1.21. The second-order valence-electron chi connectivity index (χ2n) is 9.13. The summed E-state index contributed by atoms with van der Waals surface area (Å²) in [6.07, 6.45) is 0.926. The van der Waals surface area contributed by atoms with E-state index < -0.39 is 11.2 Å². The van der Waals surface area contributed by atoms with Crippen molar-refractivity contribution in [1.29, 1.82) is 0 Å². The van der Waals surface area contributed by atoms with Gasteiger partial charge in [-0.25, -0.2) is 4.79 Å². The number of carbonyl (C=O) groups excluding carboxylic acids is 2. The van der Waals surface area contributed by atoms with Crippen LogP contribution in [0.15, 0.2) is 63.5 Å². The molecule has 0 aliphatic carbocycles. The van der Waals surface area contributed by atoms with Crippen LogP contribution in [0.3, 0.4) is 0 Å². The van der Waals surface area contributed by atoms with Crippen LogP contribution >= 0.6 is 11.3 Å². The van der Waals surface area contributed by atoms with Crippen LogP contribution in [0.4, 0.5) is 5.69 Å². The molecule has 0 unspecified atom stereocenters. The van der Waals surface area contributed by atoms with Gasteiger partial charge in [0.2, 0.25) is 11.8 Å². The van der Waals surface area contributed by atoms with Crippen molar-refractivity contribution in [2.24, 2.45) is 0 Å². The molecule has 2 N–H and O–H groups in total. The first-order chi connectivity index (χ1) is 19.8. The van der Waals surface area contributed by atoms with Crippen LogP contribution in [0, 0.1) is 0 Å². The van der Waals surface area contributed by atoms with E-state index in [9.17, 15) is 19.2 Å². The second-order valence-corrected chi connectivity index (χ2v) is 10.0. The Labute approximate surface area is 240 Å². The van der Waals surface area contributed by atoms with Crippen LogP contribution in [0.2, 0.25) is 0 Å². The summed E-state index contributed by atoms with van der Waals surface area (Å²) in [6, 6.07) is 14.1. The largest absolute Gasteiger partial charge is 0.497 e. The maximum absolute atomic E-state index is 13.3. The molecule has 0 radical (unpaired) electrons. The number of thiophene rings is 1. The van der Waals surface area contributed by atoms with Crippen LogP contribution < -0.4 is 36.1 Å². The van der Waals surface area contributed by atoms with Gasteiger partial charge in [-0.2, -0.15) is 0 Å². The number of nitrogens with zero attached hydrogens (tertiary/aromatic N) is 2. The van der Waals surface area contributed by atoms with Gasteiger partial charge in [-0.15, -0.1) is 11.3 Å². The minimum atomic E-state index is -0.591. The second kappa shape index (κ2) is 13.7. The fraction of sp³-hybridized carbons (Fsp3) is 0.310. The Bertz CT molecular complexity index is 1640. The lowest BCUT2D eigenvalue weighted by Crippen LogP contribution is -2.42. The quantitative estimate of drug-likeness (QED) is 0.249. The van der Waals surface area contributed by atoms with Crippen molar-refractivity contribution in [1.82, 2.24) is 14.5 Å². The van der Waals surface area contributed by atoms with E-state index >= 15 is 0 Å². The van der Waals surface area contributed by atoms with E-state index in [1.54, 1.807) is 63.1 Å². The molecule has 2 amide bonds. The highest BCUT2D eigenvalue weighted by molar-refractivity contribution is 7.17. The van der Waals surface area contributed by atoms with Crippen LogP contribution in [-0.2, 0) is 29.1 Å². The number of hydrogen-bond donors (Lipinski definition) is 2. The van der Waals surface area contributed by atoms with Crippen LogP contribution in [-0.4, -0.2) is 48.8 Å². The Morgan fingerprint density at radius 2 is 1.63 bits per heavy atom. The predicted octanol–water partition coefficient (Wildman–Crippen LogP) is 3.03. The number of anilines is 1. The number of aromatic nitrogens is 2. The van der Waals surface area contributed by atoms with Gasteiger partial charge in [0.25, 0.3) is 5.56 Å². The highest BCUT2D eigenvalue weighted by Crippen LogP contribution is 2.27. The van der Waals surface area contributed by atoms with Crippen molar-refractivity contribution in [3.63, 3.8) is 0 Å². The number of benzene rings is 2. The topological polar surface area (TPSA) is 130 Å². The summed E-state index contributed by atoms with van der Waals surface area (Å²) < 4.78 is 18.5. The number of hydrogen-bond acceptors (Lipinski definition) is 8. The van der Waals surface area contributed by atoms with E-state index in [2.05, 4.69) is 10.6 Å². The first-order valence-corrected chi connectivity index (χ1v) is 13.8. The molecule has 12 heteroatoms. The highest BCUT2D eigenvalue weighted by Gasteiger charge is 2.17. The maximum atomic E-state index is 13.3. The minimum absolute atomic E-state index is 0.0441. The molecule has 0 spiro atoms. The van der Waals surface area contributed by atoms with Crippen molar-refractivity contribution in [2.75, 3.05) is 33.2 Å². The van der Waals surface area contributed by atoms with Gasteiger partial charge in [-0.3, -0.25) is 23.5 Å². The molecular formula is C29H32N4O7S. The number of fused-ring (bicyclic) bond motifs is 1. The van der Waals surface area contributed by atoms with Gasteiger partial charge in [0, 0.05) is 25.2 Å². The van der Waals surface area contributed by atoms with Gasteiger partial charge >= 0.3 is 5.69 Å². The third-order valence-corrected chi connectivity index (χ3v) is 7.37. The molecule has 216 valence electrons. The average molecular weight is 581 g/mol.